The second-order valence-corrected chi connectivity index (χ2v) is 8.85. The molecule has 3 heterocycles. The Morgan fingerprint density at radius 2 is 1.71 bits per heavy atom. The summed E-state index contributed by atoms with van der Waals surface area (Å²) in [7, 11) is 0. The van der Waals surface area contributed by atoms with Crippen molar-refractivity contribution >= 4 is 17.7 Å². The number of imide groups is 1. The zero-order valence-corrected chi connectivity index (χ0v) is 17.5. The molecular formula is C25H27N3O3. The van der Waals surface area contributed by atoms with E-state index in [0.717, 1.165) is 38.0 Å². The van der Waals surface area contributed by atoms with Crippen LogP contribution >= 0.6 is 0 Å². The second kappa shape index (κ2) is 8.27. The lowest BCUT2D eigenvalue weighted by atomic mass is 9.87. The van der Waals surface area contributed by atoms with Crippen LogP contribution in [-0.4, -0.2) is 46.7 Å². The van der Waals surface area contributed by atoms with Gasteiger partial charge in [-0.15, -0.1) is 0 Å². The summed E-state index contributed by atoms with van der Waals surface area (Å²) in [6.07, 6.45) is 2.90. The number of rotatable bonds is 4. The molecule has 2 aromatic carbocycles. The number of hydrogen-bond donors (Lipinski definition) is 1. The predicted molar refractivity (Wildman–Crippen MR) is 116 cm³/mol. The van der Waals surface area contributed by atoms with Crippen molar-refractivity contribution in [3.05, 3.63) is 70.8 Å². The van der Waals surface area contributed by atoms with Gasteiger partial charge < -0.3 is 4.90 Å². The first kappa shape index (κ1) is 19.9. The van der Waals surface area contributed by atoms with Gasteiger partial charge in [0.25, 0.3) is 5.91 Å². The number of likely N-dealkylation sites (tertiary alicyclic amines) is 1. The number of benzene rings is 2. The highest BCUT2D eigenvalue weighted by molar-refractivity contribution is 6.05. The van der Waals surface area contributed by atoms with E-state index in [1.807, 2.05) is 6.07 Å². The van der Waals surface area contributed by atoms with Crippen molar-refractivity contribution in [2.75, 3.05) is 13.1 Å². The molecule has 2 aromatic rings. The third-order valence-electron chi connectivity index (χ3n) is 6.86. The Hall–Kier alpha value is -2.99. The smallest absolute Gasteiger partial charge is 0.255 e. The van der Waals surface area contributed by atoms with Gasteiger partial charge in [-0.2, -0.15) is 0 Å². The van der Waals surface area contributed by atoms with Crippen molar-refractivity contribution in [2.45, 2.75) is 50.7 Å². The Morgan fingerprint density at radius 3 is 2.45 bits per heavy atom. The van der Waals surface area contributed by atoms with Gasteiger partial charge in [-0.1, -0.05) is 42.5 Å². The van der Waals surface area contributed by atoms with Crippen molar-refractivity contribution in [1.29, 1.82) is 0 Å². The molecular weight excluding hydrogens is 390 g/mol. The number of nitrogens with zero attached hydrogens (tertiary/aromatic N) is 2. The first-order chi connectivity index (χ1) is 15.1. The van der Waals surface area contributed by atoms with Crippen molar-refractivity contribution in [3.8, 4) is 0 Å². The number of fused-ring (bicyclic) bond motifs is 1. The molecule has 31 heavy (non-hydrogen) atoms. The van der Waals surface area contributed by atoms with Gasteiger partial charge in [0, 0.05) is 25.1 Å². The minimum Gasteiger partial charge on any atom is -0.322 e. The number of carbonyl (C=O) groups excluding carboxylic acids is 3. The molecule has 3 amide bonds. The van der Waals surface area contributed by atoms with Crippen molar-refractivity contribution in [3.63, 3.8) is 0 Å². The first-order valence-electron chi connectivity index (χ1n) is 11.1. The summed E-state index contributed by atoms with van der Waals surface area (Å²) in [5.41, 5.74) is 4.33. The summed E-state index contributed by atoms with van der Waals surface area (Å²) in [6.45, 7) is 3.57. The monoisotopic (exact) mass is 417 g/mol. The standard InChI is InChI=1S/C25H27N3O3/c29-23-9-8-22(24(30)26-23)28-16-20-14-19(6-7-21(20)25(28)31)18-10-12-27(13-11-18)15-17-4-2-1-3-5-17/h1-7,14,18,22H,8-13,15-16H2,(H,26,29,30). The van der Waals surface area contributed by atoms with Crippen LogP contribution in [0.2, 0.25) is 0 Å². The van der Waals surface area contributed by atoms with Gasteiger partial charge in [0.15, 0.2) is 0 Å². The van der Waals surface area contributed by atoms with E-state index in [2.05, 4.69) is 52.7 Å². The number of carbonyl (C=O) groups is 3. The fourth-order valence-electron chi connectivity index (χ4n) is 5.11. The van der Waals surface area contributed by atoms with E-state index in [1.165, 1.54) is 11.1 Å². The molecule has 1 unspecified atom stereocenters. The molecule has 0 saturated carbocycles. The molecule has 2 fully saturated rings. The van der Waals surface area contributed by atoms with E-state index in [4.69, 9.17) is 0 Å². The predicted octanol–water partition coefficient (Wildman–Crippen LogP) is 2.83. The maximum absolute atomic E-state index is 12.9. The normalized spacial score (nSPS) is 22.5. The van der Waals surface area contributed by atoms with Gasteiger partial charge >= 0.3 is 0 Å². The Balaban J connectivity index is 1.24. The van der Waals surface area contributed by atoms with Crippen LogP contribution in [0.4, 0.5) is 0 Å². The minimum atomic E-state index is -0.553. The summed E-state index contributed by atoms with van der Waals surface area (Å²) in [5.74, 6) is -0.222. The van der Waals surface area contributed by atoms with E-state index in [9.17, 15) is 14.4 Å². The zero-order valence-electron chi connectivity index (χ0n) is 17.5. The van der Waals surface area contributed by atoms with Crippen LogP contribution in [0.15, 0.2) is 48.5 Å². The highest BCUT2D eigenvalue weighted by Crippen LogP contribution is 2.33. The number of piperidine rings is 2. The average Bonchev–Trinajstić information content (AvgIpc) is 3.10. The van der Waals surface area contributed by atoms with Crippen LogP contribution in [0.3, 0.4) is 0 Å². The molecule has 0 radical (unpaired) electrons. The maximum Gasteiger partial charge on any atom is 0.255 e. The molecule has 0 spiro atoms. The van der Waals surface area contributed by atoms with Gasteiger partial charge in [0.05, 0.1) is 0 Å². The Kier molecular flexibility index (Phi) is 5.32. The van der Waals surface area contributed by atoms with Crippen LogP contribution in [0, 0.1) is 0 Å². The van der Waals surface area contributed by atoms with Gasteiger partial charge in [0.2, 0.25) is 11.8 Å². The third-order valence-corrected chi connectivity index (χ3v) is 6.86. The van der Waals surface area contributed by atoms with Crippen LogP contribution in [-0.2, 0) is 22.7 Å². The van der Waals surface area contributed by atoms with Crippen molar-refractivity contribution in [1.82, 2.24) is 15.1 Å². The molecule has 6 heteroatoms. The molecule has 1 atom stereocenters. The molecule has 0 aromatic heterocycles. The molecule has 2 saturated heterocycles. The average molecular weight is 418 g/mol. The molecule has 1 N–H and O–H groups in total. The molecule has 6 nitrogen and oxygen atoms in total. The lowest BCUT2D eigenvalue weighted by Gasteiger charge is -2.32. The lowest BCUT2D eigenvalue weighted by Crippen LogP contribution is -2.52. The zero-order chi connectivity index (χ0) is 21.4. The van der Waals surface area contributed by atoms with Gasteiger partial charge in [0.1, 0.15) is 6.04 Å². The fourth-order valence-corrected chi connectivity index (χ4v) is 5.11. The molecule has 5 rings (SSSR count). The molecule has 160 valence electrons. The molecule has 0 bridgehead atoms. The van der Waals surface area contributed by atoms with Crippen LogP contribution in [0.5, 0.6) is 0 Å². The largest absolute Gasteiger partial charge is 0.322 e. The number of nitrogens with one attached hydrogen (secondary N) is 1. The Morgan fingerprint density at radius 1 is 0.935 bits per heavy atom. The topological polar surface area (TPSA) is 69.7 Å². The SMILES string of the molecule is O=C1CCC(N2Cc3cc(C4CCN(Cc5ccccc5)CC4)ccc3C2=O)C(=O)N1. The Bertz CT molecular complexity index is 1010. The summed E-state index contributed by atoms with van der Waals surface area (Å²) in [5, 5.41) is 2.36. The summed E-state index contributed by atoms with van der Waals surface area (Å²) in [4.78, 5) is 40.7. The number of hydrogen-bond acceptors (Lipinski definition) is 4. The summed E-state index contributed by atoms with van der Waals surface area (Å²) < 4.78 is 0. The minimum absolute atomic E-state index is 0.103. The van der Waals surface area contributed by atoms with Gasteiger partial charge in [-0.3, -0.25) is 24.6 Å². The fraction of sp³-hybridized carbons (Fsp3) is 0.400. The van der Waals surface area contributed by atoms with E-state index < -0.39 is 6.04 Å². The molecule has 3 aliphatic heterocycles. The number of amides is 3. The molecule has 0 aliphatic carbocycles. The van der Waals surface area contributed by atoms with Crippen LogP contribution in [0.25, 0.3) is 0 Å². The van der Waals surface area contributed by atoms with E-state index in [-0.39, 0.29) is 24.1 Å². The van der Waals surface area contributed by atoms with E-state index >= 15 is 0 Å². The van der Waals surface area contributed by atoms with E-state index in [1.54, 1.807) is 4.90 Å². The third kappa shape index (κ3) is 4.00. The lowest BCUT2D eigenvalue weighted by molar-refractivity contribution is -0.136. The van der Waals surface area contributed by atoms with Crippen LogP contribution in [0.1, 0.15) is 58.6 Å². The van der Waals surface area contributed by atoms with Crippen molar-refractivity contribution in [2.24, 2.45) is 0 Å². The van der Waals surface area contributed by atoms with Crippen molar-refractivity contribution < 1.29 is 14.4 Å². The first-order valence-corrected chi connectivity index (χ1v) is 11.1. The van der Waals surface area contributed by atoms with Gasteiger partial charge in [-0.05, 0) is 61.0 Å². The Labute approximate surface area is 182 Å². The highest BCUT2D eigenvalue weighted by atomic mass is 16.2. The maximum atomic E-state index is 12.9. The van der Waals surface area contributed by atoms with Gasteiger partial charge in [-0.25, -0.2) is 0 Å². The quantitative estimate of drug-likeness (QED) is 0.777. The summed E-state index contributed by atoms with van der Waals surface area (Å²) >= 11 is 0. The molecule has 3 aliphatic rings. The van der Waals surface area contributed by atoms with E-state index in [0.29, 0.717) is 24.4 Å². The highest BCUT2D eigenvalue weighted by Gasteiger charge is 2.39. The summed E-state index contributed by atoms with van der Waals surface area (Å²) in [6, 6.07) is 16.2. The second-order valence-electron chi connectivity index (χ2n) is 8.85. The van der Waals surface area contributed by atoms with Crippen LogP contribution < -0.4 is 5.32 Å².